The van der Waals surface area contributed by atoms with Crippen LogP contribution >= 0.6 is 0 Å². The first-order valence-electron chi connectivity index (χ1n) is 5.86. The predicted molar refractivity (Wildman–Crippen MR) is 66.3 cm³/mol. The summed E-state index contributed by atoms with van der Waals surface area (Å²) in [6, 6.07) is 7.87. The molecule has 2 heterocycles. The number of fused-ring (bicyclic) bond motifs is 1. The largest absolute Gasteiger partial charge is 0.484 e. The lowest BCUT2D eigenvalue weighted by Gasteiger charge is -2.02. The van der Waals surface area contributed by atoms with Crippen molar-refractivity contribution in [1.29, 1.82) is 0 Å². The maximum Gasteiger partial charge on any atom is 0.264 e. The molecule has 1 N–H and O–H groups in total. The quantitative estimate of drug-likeness (QED) is 0.765. The third-order valence-electron chi connectivity index (χ3n) is 2.71. The zero-order valence-corrected chi connectivity index (χ0v) is 10.0. The Morgan fingerprint density at radius 1 is 1.33 bits per heavy atom. The normalized spacial score (nSPS) is 10.9. The molecule has 0 fully saturated rings. The average molecular weight is 243 g/mol. The fourth-order valence-electron chi connectivity index (χ4n) is 1.76. The maximum absolute atomic E-state index is 5.62. The highest BCUT2D eigenvalue weighted by Crippen LogP contribution is 2.20. The van der Waals surface area contributed by atoms with Crippen molar-refractivity contribution in [2.75, 3.05) is 0 Å². The average Bonchev–Trinajstić information content (AvgIpc) is 3.04. The zero-order chi connectivity index (χ0) is 12.4. The number of rotatable bonds is 4. The summed E-state index contributed by atoms with van der Waals surface area (Å²) in [6.45, 7) is 2.28. The summed E-state index contributed by atoms with van der Waals surface area (Å²) in [6.07, 6.45) is 2.67. The molecule has 92 valence electrons. The molecular weight excluding hydrogens is 230 g/mol. The van der Waals surface area contributed by atoms with Crippen LogP contribution in [-0.2, 0) is 13.0 Å². The van der Waals surface area contributed by atoms with Gasteiger partial charge in [0.05, 0.1) is 0 Å². The summed E-state index contributed by atoms with van der Waals surface area (Å²) in [5, 5.41) is 4.94. The fourth-order valence-corrected chi connectivity index (χ4v) is 1.76. The molecule has 0 saturated carbocycles. The third kappa shape index (κ3) is 2.07. The van der Waals surface area contributed by atoms with Crippen molar-refractivity contribution in [3.8, 4) is 5.75 Å². The molecule has 5 nitrogen and oxygen atoms in total. The lowest BCUT2D eigenvalue weighted by atomic mass is 10.2. The van der Waals surface area contributed by atoms with Gasteiger partial charge in [-0.15, -0.1) is 0 Å². The van der Waals surface area contributed by atoms with Crippen molar-refractivity contribution in [3.63, 3.8) is 0 Å². The lowest BCUT2D eigenvalue weighted by molar-refractivity contribution is 0.242. The summed E-state index contributed by atoms with van der Waals surface area (Å²) < 4.78 is 10.7. The van der Waals surface area contributed by atoms with Gasteiger partial charge in [-0.3, -0.25) is 0 Å². The molecule has 5 heteroatoms. The second kappa shape index (κ2) is 4.52. The molecule has 3 aromatic rings. The number of hydrogen-bond donors (Lipinski definition) is 1. The van der Waals surface area contributed by atoms with Crippen LogP contribution in [0.3, 0.4) is 0 Å². The van der Waals surface area contributed by atoms with E-state index in [1.54, 1.807) is 0 Å². The van der Waals surface area contributed by atoms with Crippen LogP contribution in [-0.4, -0.2) is 15.1 Å². The summed E-state index contributed by atoms with van der Waals surface area (Å²) >= 11 is 0. The first kappa shape index (κ1) is 10.8. The van der Waals surface area contributed by atoms with Gasteiger partial charge in [0.2, 0.25) is 0 Å². The van der Waals surface area contributed by atoms with Crippen LogP contribution in [0, 0.1) is 0 Å². The molecule has 2 aromatic heterocycles. The second-order valence-corrected chi connectivity index (χ2v) is 3.97. The smallest absolute Gasteiger partial charge is 0.264 e. The highest BCUT2D eigenvalue weighted by Gasteiger charge is 2.05. The summed E-state index contributed by atoms with van der Waals surface area (Å²) in [4.78, 5) is 7.32. The number of aromatic nitrogens is 3. The Morgan fingerprint density at radius 3 is 3.11 bits per heavy atom. The minimum absolute atomic E-state index is 0.295. The number of hydrogen-bond acceptors (Lipinski definition) is 4. The van der Waals surface area contributed by atoms with E-state index in [2.05, 4.69) is 15.1 Å². The van der Waals surface area contributed by atoms with Crippen molar-refractivity contribution < 1.29 is 9.26 Å². The van der Waals surface area contributed by atoms with Gasteiger partial charge >= 0.3 is 0 Å². The molecule has 0 amide bonds. The molecule has 0 radical (unpaired) electrons. The number of nitrogens with zero attached hydrogens (tertiary/aromatic N) is 2. The Balaban J connectivity index is 1.72. The standard InChI is InChI=1S/C13H13N3O2/c1-2-12-15-13(18-16-12)8-17-10-3-4-11-9(7-10)5-6-14-11/h3-7,14H,2,8H2,1H3. The molecule has 0 saturated heterocycles. The van der Waals surface area contributed by atoms with Crippen molar-refractivity contribution >= 4 is 10.9 Å². The van der Waals surface area contributed by atoms with Gasteiger partial charge in [-0.2, -0.15) is 4.98 Å². The van der Waals surface area contributed by atoms with E-state index in [-0.39, 0.29) is 0 Å². The van der Waals surface area contributed by atoms with Crippen LogP contribution in [0.5, 0.6) is 5.75 Å². The Morgan fingerprint density at radius 2 is 2.28 bits per heavy atom. The van der Waals surface area contributed by atoms with Crippen LogP contribution < -0.4 is 4.74 Å². The van der Waals surface area contributed by atoms with Gasteiger partial charge in [0.25, 0.3) is 5.89 Å². The van der Waals surface area contributed by atoms with E-state index < -0.39 is 0 Å². The van der Waals surface area contributed by atoms with Crippen LogP contribution in [0.1, 0.15) is 18.6 Å². The number of aromatic amines is 1. The molecule has 0 bridgehead atoms. The number of aryl methyl sites for hydroxylation is 1. The van der Waals surface area contributed by atoms with Crippen molar-refractivity contribution in [1.82, 2.24) is 15.1 Å². The van der Waals surface area contributed by atoms with Gasteiger partial charge in [-0.1, -0.05) is 12.1 Å². The molecule has 0 aliphatic heterocycles. The van der Waals surface area contributed by atoms with E-state index in [0.29, 0.717) is 18.3 Å². The molecule has 1 aromatic carbocycles. The molecule has 0 aliphatic rings. The van der Waals surface area contributed by atoms with Crippen molar-refractivity contribution in [3.05, 3.63) is 42.2 Å². The number of nitrogens with one attached hydrogen (secondary N) is 1. The summed E-state index contributed by atoms with van der Waals surface area (Å²) in [7, 11) is 0. The lowest BCUT2D eigenvalue weighted by Crippen LogP contribution is -1.95. The predicted octanol–water partition coefficient (Wildman–Crippen LogP) is 2.69. The van der Waals surface area contributed by atoms with E-state index in [4.69, 9.17) is 9.26 Å². The minimum Gasteiger partial charge on any atom is -0.484 e. The van der Waals surface area contributed by atoms with Crippen LogP contribution in [0.4, 0.5) is 0 Å². The Bertz CT molecular complexity index is 657. The molecule has 0 unspecified atom stereocenters. The highest BCUT2D eigenvalue weighted by molar-refractivity contribution is 5.80. The first-order chi connectivity index (χ1) is 8.85. The number of H-pyrrole nitrogens is 1. The number of benzene rings is 1. The van der Waals surface area contributed by atoms with Crippen LogP contribution in [0.2, 0.25) is 0 Å². The molecule has 0 spiro atoms. The number of ether oxygens (including phenoxy) is 1. The molecule has 3 rings (SSSR count). The monoisotopic (exact) mass is 243 g/mol. The van der Waals surface area contributed by atoms with Gasteiger partial charge in [0.1, 0.15) is 5.75 Å². The topological polar surface area (TPSA) is 63.9 Å². The third-order valence-corrected chi connectivity index (χ3v) is 2.71. The van der Waals surface area contributed by atoms with Crippen molar-refractivity contribution in [2.24, 2.45) is 0 Å². The van der Waals surface area contributed by atoms with Gasteiger partial charge in [-0.25, -0.2) is 0 Å². The Hall–Kier alpha value is -2.30. The SMILES string of the molecule is CCc1noc(COc2ccc3[nH]ccc3c2)n1. The van der Waals surface area contributed by atoms with Gasteiger partial charge < -0.3 is 14.2 Å². The molecule has 0 aliphatic carbocycles. The molecule has 0 atom stereocenters. The van der Waals surface area contributed by atoms with Crippen LogP contribution in [0.25, 0.3) is 10.9 Å². The van der Waals surface area contributed by atoms with E-state index in [0.717, 1.165) is 23.1 Å². The fraction of sp³-hybridized carbons (Fsp3) is 0.231. The van der Waals surface area contributed by atoms with Crippen molar-refractivity contribution in [2.45, 2.75) is 20.0 Å². The molecular formula is C13H13N3O2. The van der Waals surface area contributed by atoms with Crippen LogP contribution in [0.15, 0.2) is 35.0 Å². The molecule has 18 heavy (non-hydrogen) atoms. The van der Waals surface area contributed by atoms with Gasteiger partial charge in [-0.05, 0) is 24.3 Å². The Labute approximate surface area is 104 Å². The van der Waals surface area contributed by atoms with E-state index in [9.17, 15) is 0 Å². The summed E-state index contributed by atoms with van der Waals surface area (Å²) in [5.74, 6) is 1.99. The Kier molecular flexibility index (Phi) is 2.72. The second-order valence-electron chi connectivity index (χ2n) is 3.97. The first-order valence-corrected chi connectivity index (χ1v) is 5.86. The minimum atomic E-state index is 0.295. The van der Waals surface area contributed by atoms with E-state index >= 15 is 0 Å². The van der Waals surface area contributed by atoms with Gasteiger partial charge in [0.15, 0.2) is 12.4 Å². The highest BCUT2D eigenvalue weighted by atomic mass is 16.5. The zero-order valence-electron chi connectivity index (χ0n) is 10.0. The van der Waals surface area contributed by atoms with E-state index in [1.165, 1.54) is 0 Å². The summed E-state index contributed by atoms with van der Waals surface area (Å²) in [5.41, 5.74) is 1.09. The van der Waals surface area contributed by atoms with Gasteiger partial charge in [0, 0.05) is 23.5 Å². The van der Waals surface area contributed by atoms with E-state index in [1.807, 2.05) is 37.4 Å². The maximum atomic E-state index is 5.62.